The van der Waals surface area contributed by atoms with Crippen molar-refractivity contribution in [1.29, 1.82) is 0 Å². The summed E-state index contributed by atoms with van der Waals surface area (Å²) in [6.07, 6.45) is 3.59. The van der Waals surface area contributed by atoms with E-state index in [4.69, 9.17) is 4.42 Å². The summed E-state index contributed by atoms with van der Waals surface area (Å²) >= 11 is 0. The van der Waals surface area contributed by atoms with Crippen LogP contribution in [0.5, 0.6) is 0 Å². The molecule has 1 saturated carbocycles. The summed E-state index contributed by atoms with van der Waals surface area (Å²) in [6.45, 7) is 9.99. The van der Waals surface area contributed by atoms with Gasteiger partial charge in [0.1, 0.15) is 6.26 Å². The van der Waals surface area contributed by atoms with Crippen LogP contribution in [-0.2, 0) is 13.1 Å². The van der Waals surface area contributed by atoms with Crippen molar-refractivity contribution in [2.45, 2.75) is 65.7 Å². The van der Waals surface area contributed by atoms with Crippen LogP contribution in [0.15, 0.2) is 28.9 Å². The fraction of sp³-hybridized carbons (Fsp3) is 0.500. The number of hydrogen-bond acceptors (Lipinski definition) is 4. The van der Waals surface area contributed by atoms with Gasteiger partial charge in [-0.05, 0) is 51.7 Å². The molecule has 0 aliphatic heterocycles. The quantitative estimate of drug-likeness (QED) is 0.836. The van der Waals surface area contributed by atoms with Gasteiger partial charge < -0.3 is 9.73 Å². The summed E-state index contributed by atoms with van der Waals surface area (Å²) in [7, 11) is 0. The molecule has 1 fully saturated rings. The maximum atomic E-state index is 12.1. The number of nitrogens with zero attached hydrogens (tertiary/aromatic N) is 2. The van der Waals surface area contributed by atoms with E-state index in [1.165, 1.54) is 23.0 Å². The Morgan fingerprint density at radius 3 is 2.76 bits per heavy atom. The van der Waals surface area contributed by atoms with Crippen molar-refractivity contribution >= 4 is 5.91 Å². The van der Waals surface area contributed by atoms with E-state index in [2.05, 4.69) is 61.1 Å². The number of hydrogen-bond donors (Lipinski definition) is 1. The normalized spacial score (nSPS) is 14.3. The number of benzene rings is 1. The molecule has 2 aromatic rings. The van der Waals surface area contributed by atoms with Crippen molar-refractivity contribution in [3.05, 3.63) is 52.7 Å². The lowest BCUT2D eigenvalue weighted by Crippen LogP contribution is -2.30. The van der Waals surface area contributed by atoms with E-state index < -0.39 is 0 Å². The zero-order valence-corrected chi connectivity index (χ0v) is 15.5. The number of nitrogens with one attached hydrogen (secondary N) is 1. The van der Waals surface area contributed by atoms with Crippen LogP contribution in [0.3, 0.4) is 0 Å². The van der Waals surface area contributed by atoms with Gasteiger partial charge in [-0.1, -0.05) is 23.8 Å². The maximum absolute atomic E-state index is 12.1. The molecule has 5 heteroatoms. The Bertz CT molecular complexity index is 747. The first kappa shape index (κ1) is 17.7. The number of rotatable bonds is 7. The molecule has 5 nitrogen and oxygen atoms in total. The van der Waals surface area contributed by atoms with Crippen LogP contribution in [0.4, 0.5) is 0 Å². The van der Waals surface area contributed by atoms with E-state index in [0.717, 1.165) is 19.4 Å². The summed E-state index contributed by atoms with van der Waals surface area (Å²) in [4.78, 5) is 18.7. The topological polar surface area (TPSA) is 58.4 Å². The van der Waals surface area contributed by atoms with E-state index in [0.29, 0.717) is 30.2 Å². The van der Waals surface area contributed by atoms with E-state index in [1.807, 2.05) is 0 Å². The fourth-order valence-electron chi connectivity index (χ4n) is 2.76. The third kappa shape index (κ3) is 4.69. The molecule has 1 N–H and O–H groups in total. The molecular formula is C20H27N3O2. The fourth-order valence-corrected chi connectivity index (χ4v) is 2.76. The molecule has 1 amide bonds. The molecular weight excluding hydrogens is 314 g/mol. The Hall–Kier alpha value is -2.14. The molecule has 25 heavy (non-hydrogen) atoms. The van der Waals surface area contributed by atoms with Crippen LogP contribution < -0.4 is 5.32 Å². The van der Waals surface area contributed by atoms with Crippen LogP contribution in [0.25, 0.3) is 0 Å². The number of amides is 1. The minimum Gasteiger partial charge on any atom is -0.447 e. The van der Waals surface area contributed by atoms with Crippen molar-refractivity contribution in [1.82, 2.24) is 15.2 Å². The van der Waals surface area contributed by atoms with Gasteiger partial charge in [0.15, 0.2) is 5.69 Å². The molecule has 0 radical (unpaired) electrons. The second-order valence-electron chi connectivity index (χ2n) is 7.30. The van der Waals surface area contributed by atoms with Gasteiger partial charge in [-0.2, -0.15) is 0 Å². The molecule has 1 aromatic carbocycles. The third-order valence-corrected chi connectivity index (χ3v) is 4.64. The smallest absolute Gasteiger partial charge is 0.273 e. The van der Waals surface area contributed by atoms with Gasteiger partial charge in [0.25, 0.3) is 5.91 Å². The largest absolute Gasteiger partial charge is 0.447 e. The van der Waals surface area contributed by atoms with Crippen molar-refractivity contribution < 1.29 is 9.21 Å². The van der Waals surface area contributed by atoms with Crippen molar-refractivity contribution in [3.8, 4) is 0 Å². The minimum atomic E-state index is -0.136. The van der Waals surface area contributed by atoms with E-state index in [9.17, 15) is 4.79 Å². The summed E-state index contributed by atoms with van der Waals surface area (Å²) < 4.78 is 5.55. The number of aryl methyl sites for hydroxylation is 2. The van der Waals surface area contributed by atoms with Gasteiger partial charge in [0.05, 0.1) is 6.54 Å². The van der Waals surface area contributed by atoms with Crippen LogP contribution >= 0.6 is 0 Å². The van der Waals surface area contributed by atoms with Gasteiger partial charge >= 0.3 is 0 Å². The Morgan fingerprint density at radius 2 is 2.08 bits per heavy atom. The summed E-state index contributed by atoms with van der Waals surface area (Å²) in [6, 6.07) is 7.19. The molecule has 3 rings (SSSR count). The first-order valence-corrected chi connectivity index (χ1v) is 8.98. The Labute approximate surface area is 149 Å². The van der Waals surface area contributed by atoms with Crippen LogP contribution in [-0.4, -0.2) is 27.9 Å². The lowest BCUT2D eigenvalue weighted by atomic mass is 10.0. The van der Waals surface area contributed by atoms with Gasteiger partial charge in [0, 0.05) is 18.6 Å². The first-order valence-electron chi connectivity index (χ1n) is 8.98. The molecule has 0 bridgehead atoms. The highest BCUT2D eigenvalue weighted by molar-refractivity contribution is 5.92. The molecule has 134 valence electrons. The van der Waals surface area contributed by atoms with E-state index >= 15 is 0 Å². The SMILES string of the molecule is Cc1ccc(C)c(CN(Cc2nc(C(=O)NC3CC3)co2)C(C)C)c1. The van der Waals surface area contributed by atoms with Gasteiger partial charge in [0.2, 0.25) is 5.89 Å². The minimum absolute atomic E-state index is 0.136. The van der Waals surface area contributed by atoms with Crippen LogP contribution in [0, 0.1) is 13.8 Å². The zero-order chi connectivity index (χ0) is 18.0. The monoisotopic (exact) mass is 341 g/mol. The maximum Gasteiger partial charge on any atom is 0.273 e. The molecule has 1 aliphatic rings. The van der Waals surface area contributed by atoms with Crippen LogP contribution in [0.1, 0.15) is 59.8 Å². The average Bonchev–Trinajstić information content (AvgIpc) is 3.24. The molecule has 1 heterocycles. The molecule has 1 aliphatic carbocycles. The number of carbonyl (C=O) groups excluding carboxylic acids is 1. The lowest BCUT2D eigenvalue weighted by molar-refractivity contribution is 0.0946. The van der Waals surface area contributed by atoms with Gasteiger partial charge in [-0.25, -0.2) is 4.98 Å². The average molecular weight is 341 g/mol. The van der Waals surface area contributed by atoms with Crippen molar-refractivity contribution in [3.63, 3.8) is 0 Å². The second-order valence-corrected chi connectivity index (χ2v) is 7.30. The highest BCUT2D eigenvalue weighted by atomic mass is 16.3. The molecule has 1 aromatic heterocycles. The zero-order valence-electron chi connectivity index (χ0n) is 15.5. The highest BCUT2D eigenvalue weighted by Gasteiger charge is 2.25. The predicted molar refractivity (Wildman–Crippen MR) is 97.3 cm³/mol. The Kier molecular flexibility index (Phi) is 5.23. The lowest BCUT2D eigenvalue weighted by Gasteiger charge is -2.26. The highest BCUT2D eigenvalue weighted by Crippen LogP contribution is 2.20. The van der Waals surface area contributed by atoms with Crippen molar-refractivity contribution in [2.24, 2.45) is 0 Å². The third-order valence-electron chi connectivity index (χ3n) is 4.64. The molecule has 0 spiro atoms. The number of oxazole rings is 1. The summed E-state index contributed by atoms with van der Waals surface area (Å²) in [5.74, 6) is 0.447. The van der Waals surface area contributed by atoms with Crippen LogP contribution in [0.2, 0.25) is 0 Å². The number of carbonyl (C=O) groups is 1. The summed E-state index contributed by atoms with van der Waals surface area (Å²) in [5, 5.41) is 2.94. The predicted octanol–water partition coefficient (Wildman–Crippen LogP) is 3.59. The first-order chi connectivity index (χ1) is 11.9. The summed E-state index contributed by atoms with van der Waals surface area (Å²) in [5.41, 5.74) is 4.23. The Morgan fingerprint density at radius 1 is 1.32 bits per heavy atom. The van der Waals surface area contributed by atoms with Crippen molar-refractivity contribution in [2.75, 3.05) is 0 Å². The second kappa shape index (κ2) is 7.40. The standard InChI is InChI=1S/C20H27N3O2/c1-13(2)23(10-16-9-14(3)5-6-15(16)4)11-19-22-18(12-25-19)20(24)21-17-7-8-17/h5-6,9,12-13,17H,7-8,10-11H2,1-4H3,(H,21,24). The number of aromatic nitrogens is 1. The molecule has 0 unspecified atom stereocenters. The van der Waals surface area contributed by atoms with E-state index in [-0.39, 0.29) is 5.91 Å². The van der Waals surface area contributed by atoms with Gasteiger partial charge in [-0.3, -0.25) is 9.69 Å². The van der Waals surface area contributed by atoms with Gasteiger partial charge in [-0.15, -0.1) is 0 Å². The Balaban J connectivity index is 1.68. The van der Waals surface area contributed by atoms with E-state index in [1.54, 1.807) is 0 Å². The molecule has 0 atom stereocenters. The molecule has 0 saturated heterocycles.